The molecule has 0 bridgehead atoms. The lowest BCUT2D eigenvalue weighted by atomic mass is 10.5. The maximum absolute atomic E-state index is 8.31. The van der Waals surface area contributed by atoms with Gasteiger partial charge < -0.3 is 0 Å². The second kappa shape index (κ2) is 2.15. The van der Waals surface area contributed by atoms with E-state index in [0.29, 0.717) is 0 Å². The van der Waals surface area contributed by atoms with Gasteiger partial charge in [-0.2, -0.15) is 5.26 Å². The molecular formula is C6H10N2. The molecule has 1 rings (SSSR count). The van der Waals surface area contributed by atoms with Crippen molar-refractivity contribution in [3.8, 4) is 6.07 Å². The Hall–Kier alpha value is -0.550. The quantitative estimate of drug-likeness (QED) is 0.487. The van der Waals surface area contributed by atoms with Crippen LogP contribution in [0.5, 0.6) is 0 Å². The zero-order valence-electron chi connectivity index (χ0n) is 5.09. The number of nitriles is 1. The summed E-state index contributed by atoms with van der Waals surface area (Å²) in [4.78, 5) is 2.17. The van der Waals surface area contributed by atoms with Gasteiger partial charge in [0.25, 0.3) is 0 Å². The van der Waals surface area contributed by atoms with E-state index in [2.05, 4.69) is 17.9 Å². The maximum Gasteiger partial charge on any atom is 0.111 e. The average Bonchev–Trinajstić information content (AvgIpc) is 2.48. The van der Waals surface area contributed by atoms with Gasteiger partial charge in [-0.25, -0.2) is 0 Å². The molecule has 0 radical (unpaired) electrons. The van der Waals surface area contributed by atoms with E-state index in [-0.39, 0.29) is 6.04 Å². The molecule has 0 spiro atoms. The molecule has 0 N–H and O–H groups in total. The van der Waals surface area contributed by atoms with Crippen LogP contribution in [0.3, 0.4) is 0 Å². The first-order chi connectivity index (χ1) is 3.88. The van der Waals surface area contributed by atoms with Crippen LogP contribution in [0.1, 0.15) is 13.3 Å². The Balaban J connectivity index is 2.10. The lowest BCUT2D eigenvalue weighted by molar-refractivity contribution is 0.530. The van der Waals surface area contributed by atoms with Gasteiger partial charge in [-0.3, -0.25) is 4.90 Å². The highest BCUT2D eigenvalue weighted by Crippen LogP contribution is 2.14. The van der Waals surface area contributed by atoms with Crippen LogP contribution in [0.15, 0.2) is 0 Å². The second-order valence-corrected chi connectivity index (χ2v) is 2.14. The largest absolute Gasteiger partial charge is 0.284 e. The summed E-state index contributed by atoms with van der Waals surface area (Å²) in [6, 6.07) is 2.46. The lowest BCUT2D eigenvalue weighted by Crippen LogP contribution is -2.00. The SMILES string of the molecule is CCCN1CC1C#N. The van der Waals surface area contributed by atoms with Gasteiger partial charge in [0.2, 0.25) is 0 Å². The minimum atomic E-state index is 0.259. The van der Waals surface area contributed by atoms with Crippen LogP contribution in [0, 0.1) is 11.3 Å². The first-order valence-corrected chi connectivity index (χ1v) is 3.02. The molecule has 1 fully saturated rings. The third-order valence-electron chi connectivity index (χ3n) is 1.37. The van der Waals surface area contributed by atoms with Crippen molar-refractivity contribution < 1.29 is 0 Å². The van der Waals surface area contributed by atoms with Crippen molar-refractivity contribution in [2.24, 2.45) is 0 Å². The fourth-order valence-corrected chi connectivity index (χ4v) is 0.832. The third kappa shape index (κ3) is 0.988. The smallest absolute Gasteiger partial charge is 0.111 e. The summed E-state index contributed by atoms with van der Waals surface area (Å²) in [5.74, 6) is 0. The van der Waals surface area contributed by atoms with Crippen LogP contribution < -0.4 is 0 Å². The Bertz CT molecular complexity index is 114. The molecule has 0 amide bonds. The number of rotatable bonds is 2. The molecule has 0 saturated carbocycles. The Kier molecular flexibility index (Phi) is 1.50. The number of hydrogen-bond donors (Lipinski definition) is 0. The van der Waals surface area contributed by atoms with Gasteiger partial charge in [-0.05, 0) is 13.0 Å². The summed E-state index contributed by atoms with van der Waals surface area (Å²) >= 11 is 0. The molecule has 44 valence electrons. The molecule has 0 aromatic rings. The van der Waals surface area contributed by atoms with E-state index in [9.17, 15) is 0 Å². The zero-order valence-corrected chi connectivity index (χ0v) is 5.09. The molecule has 1 aliphatic rings. The fraction of sp³-hybridized carbons (Fsp3) is 0.833. The van der Waals surface area contributed by atoms with E-state index >= 15 is 0 Å². The minimum absolute atomic E-state index is 0.259. The van der Waals surface area contributed by atoms with Crippen LogP contribution >= 0.6 is 0 Å². The predicted octanol–water partition coefficient (Wildman–Crippen LogP) is 0.604. The van der Waals surface area contributed by atoms with Gasteiger partial charge in [-0.15, -0.1) is 0 Å². The molecule has 8 heavy (non-hydrogen) atoms. The molecule has 1 heterocycles. The molecule has 1 saturated heterocycles. The molecule has 0 aliphatic carbocycles. The molecular weight excluding hydrogens is 100 g/mol. The van der Waals surface area contributed by atoms with Crippen molar-refractivity contribution in [1.82, 2.24) is 4.90 Å². The molecule has 0 aromatic heterocycles. The Labute approximate surface area is 49.7 Å². The van der Waals surface area contributed by atoms with E-state index in [1.165, 1.54) is 0 Å². The van der Waals surface area contributed by atoms with Crippen LogP contribution in [-0.4, -0.2) is 24.0 Å². The maximum atomic E-state index is 8.31. The summed E-state index contributed by atoms with van der Waals surface area (Å²) in [6.45, 7) is 4.23. The highest BCUT2D eigenvalue weighted by molar-refractivity contribution is 5.05. The summed E-state index contributed by atoms with van der Waals surface area (Å²) in [5.41, 5.74) is 0. The Morgan fingerprint density at radius 2 is 2.62 bits per heavy atom. The van der Waals surface area contributed by atoms with Crippen LogP contribution in [-0.2, 0) is 0 Å². The van der Waals surface area contributed by atoms with Crippen molar-refractivity contribution in [1.29, 1.82) is 5.26 Å². The van der Waals surface area contributed by atoms with Crippen molar-refractivity contribution in [2.75, 3.05) is 13.1 Å². The van der Waals surface area contributed by atoms with Gasteiger partial charge in [0.05, 0.1) is 6.07 Å². The Morgan fingerprint density at radius 3 is 3.00 bits per heavy atom. The minimum Gasteiger partial charge on any atom is -0.284 e. The topological polar surface area (TPSA) is 26.8 Å². The fourth-order valence-electron chi connectivity index (χ4n) is 0.832. The summed E-state index contributed by atoms with van der Waals surface area (Å²) in [5, 5.41) is 8.31. The van der Waals surface area contributed by atoms with Crippen molar-refractivity contribution in [3.63, 3.8) is 0 Å². The molecule has 1 aliphatic heterocycles. The standard InChI is InChI=1S/C6H10N2/c1-2-3-8-5-6(8)4-7/h6H,2-3,5H2,1H3. The summed E-state index contributed by atoms with van der Waals surface area (Å²) in [7, 11) is 0. The predicted molar refractivity (Wildman–Crippen MR) is 31.3 cm³/mol. The molecule has 0 aromatic carbocycles. The summed E-state index contributed by atoms with van der Waals surface area (Å²) < 4.78 is 0. The second-order valence-electron chi connectivity index (χ2n) is 2.14. The van der Waals surface area contributed by atoms with Crippen molar-refractivity contribution >= 4 is 0 Å². The summed E-state index contributed by atoms with van der Waals surface area (Å²) in [6.07, 6.45) is 1.16. The van der Waals surface area contributed by atoms with E-state index < -0.39 is 0 Å². The van der Waals surface area contributed by atoms with Crippen molar-refractivity contribution in [3.05, 3.63) is 0 Å². The molecule has 2 heteroatoms. The van der Waals surface area contributed by atoms with Gasteiger partial charge in [0.15, 0.2) is 0 Å². The van der Waals surface area contributed by atoms with E-state index in [0.717, 1.165) is 19.5 Å². The van der Waals surface area contributed by atoms with Crippen LogP contribution in [0.25, 0.3) is 0 Å². The van der Waals surface area contributed by atoms with Crippen molar-refractivity contribution in [2.45, 2.75) is 19.4 Å². The zero-order chi connectivity index (χ0) is 5.98. The van der Waals surface area contributed by atoms with Crippen LogP contribution in [0.4, 0.5) is 0 Å². The normalized spacial score (nSPS) is 34.0. The number of hydrogen-bond acceptors (Lipinski definition) is 2. The van der Waals surface area contributed by atoms with E-state index in [1.807, 2.05) is 0 Å². The first kappa shape index (κ1) is 5.58. The van der Waals surface area contributed by atoms with Gasteiger partial charge in [-0.1, -0.05) is 6.92 Å². The number of nitrogens with zero attached hydrogens (tertiary/aromatic N) is 2. The molecule has 2 atom stereocenters. The average molecular weight is 110 g/mol. The monoisotopic (exact) mass is 110 g/mol. The van der Waals surface area contributed by atoms with Gasteiger partial charge in [0.1, 0.15) is 6.04 Å². The molecule has 2 unspecified atom stereocenters. The van der Waals surface area contributed by atoms with Crippen LogP contribution in [0.2, 0.25) is 0 Å². The lowest BCUT2D eigenvalue weighted by Gasteiger charge is -1.91. The highest BCUT2D eigenvalue weighted by atomic mass is 15.3. The van der Waals surface area contributed by atoms with Gasteiger partial charge in [0, 0.05) is 6.54 Å². The third-order valence-corrected chi connectivity index (χ3v) is 1.37. The molecule has 2 nitrogen and oxygen atoms in total. The van der Waals surface area contributed by atoms with E-state index in [4.69, 9.17) is 5.26 Å². The highest BCUT2D eigenvalue weighted by Gasteiger charge is 2.32. The van der Waals surface area contributed by atoms with E-state index in [1.54, 1.807) is 0 Å². The Morgan fingerprint density at radius 1 is 1.88 bits per heavy atom. The van der Waals surface area contributed by atoms with Gasteiger partial charge >= 0.3 is 0 Å². The first-order valence-electron chi connectivity index (χ1n) is 3.02.